The Bertz CT molecular complexity index is 1100. The van der Waals surface area contributed by atoms with Crippen LogP contribution in [0.15, 0.2) is 54.9 Å². The Morgan fingerprint density at radius 2 is 1.90 bits per heavy atom. The summed E-state index contributed by atoms with van der Waals surface area (Å²) in [7, 11) is 0. The molecule has 0 saturated carbocycles. The van der Waals surface area contributed by atoms with Gasteiger partial charge in [-0.15, -0.1) is 0 Å². The first-order chi connectivity index (χ1) is 14.6. The second kappa shape index (κ2) is 7.58. The minimum atomic E-state index is -0.345. The number of rotatable bonds is 4. The largest absolute Gasteiger partial charge is 0.460 e. The fourth-order valence-electron chi connectivity index (χ4n) is 4.80. The first-order valence-corrected chi connectivity index (χ1v) is 10.5. The standard InChI is InChI=1S/C24H24N4O2/c25-14-18-5-7-19(8-6-18)15-27-11-9-24(10-12-27)13-20(30-23(24)29)16-28-17-26-21-3-1-2-4-22(21)28/h1-8,17,20H,9-13,15-16H2. The Balaban J connectivity index is 1.21. The molecule has 2 fully saturated rings. The first-order valence-electron chi connectivity index (χ1n) is 10.5. The van der Waals surface area contributed by atoms with Crippen LogP contribution in [0.3, 0.4) is 0 Å². The number of piperidine rings is 1. The van der Waals surface area contributed by atoms with Gasteiger partial charge in [0.1, 0.15) is 6.10 Å². The lowest BCUT2D eigenvalue weighted by Gasteiger charge is -2.36. The number of carbonyl (C=O) groups is 1. The fraction of sp³-hybridized carbons (Fsp3) is 0.375. The molecule has 0 aliphatic carbocycles. The molecule has 3 aromatic rings. The van der Waals surface area contributed by atoms with E-state index in [4.69, 9.17) is 10.00 Å². The molecule has 0 bridgehead atoms. The molecule has 1 atom stereocenters. The number of carbonyl (C=O) groups excluding carboxylic acids is 1. The summed E-state index contributed by atoms with van der Waals surface area (Å²) in [5.74, 6) is -0.0325. The quantitative estimate of drug-likeness (QED) is 0.627. The summed E-state index contributed by atoms with van der Waals surface area (Å²) in [4.78, 5) is 19.6. The molecule has 152 valence electrons. The average molecular weight is 400 g/mol. The number of esters is 1. The predicted molar refractivity (Wildman–Crippen MR) is 112 cm³/mol. The maximum absolute atomic E-state index is 12.8. The van der Waals surface area contributed by atoms with Gasteiger partial charge in [0.25, 0.3) is 0 Å². The third kappa shape index (κ3) is 3.46. The molecule has 1 spiro atoms. The van der Waals surface area contributed by atoms with E-state index in [2.05, 4.69) is 26.6 Å². The molecular formula is C24H24N4O2. The minimum absolute atomic E-state index is 0.0325. The molecule has 2 aromatic carbocycles. The summed E-state index contributed by atoms with van der Waals surface area (Å²) in [6.07, 6.45) is 4.19. The van der Waals surface area contributed by atoms with Crippen LogP contribution in [-0.4, -0.2) is 39.6 Å². The van der Waals surface area contributed by atoms with Crippen LogP contribution in [0.4, 0.5) is 0 Å². The van der Waals surface area contributed by atoms with Crippen LogP contribution in [0.2, 0.25) is 0 Å². The van der Waals surface area contributed by atoms with E-state index in [-0.39, 0.29) is 17.5 Å². The van der Waals surface area contributed by atoms with E-state index in [0.29, 0.717) is 12.1 Å². The van der Waals surface area contributed by atoms with Crippen LogP contribution in [-0.2, 0) is 22.6 Å². The van der Waals surface area contributed by atoms with Crippen LogP contribution in [0.25, 0.3) is 11.0 Å². The van der Waals surface area contributed by atoms with Crippen LogP contribution in [0.1, 0.15) is 30.4 Å². The van der Waals surface area contributed by atoms with Crippen molar-refractivity contribution in [3.05, 3.63) is 66.0 Å². The van der Waals surface area contributed by atoms with Gasteiger partial charge >= 0.3 is 5.97 Å². The minimum Gasteiger partial charge on any atom is -0.460 e. The lowest BCUT2D eigenvalue weighted by atomic mass is 9.76. The Hall–Kier alpha value is -3.17. The number of nitrogens with zero attached hydrogens (tertiary/aromatic N) is 4. The molecule has 3 heterocycles. The van der Waals surface area contributed by atoms with Gasteiger partial charge in [0.2, 0.25) is 0 Å². The number of likely N-dealkylation sites (tertiary alicyclic amines) is 1. The van der Waals surface area contributed by atoms with Gasteiger partial charge in [-0.05, 0) is 55.8 Å². The molecule has 2 saturated heterocycles. The monoisotopic (exact) mass is 400 g/mol. The van der Waals surface area contributed by atoms with Crippen molar-refractivity contribution < 1.29 is 9.53 Å². The van der Waals surface area contributed by atoms with Crippen molar-refractivity contribution in [2.45, 2.75) is 38.5 Å². The zero-order valence-corrected chi connectivity index (χ0v) is 16.8. The van der Waals surface area contributed by atoms with E-state index in [9.17, 15) is 4.79 Å². The number of imidazole rings is 1. The van der Waals surface area contributed by atoms with Gasteiger partial charge in [-0.1, -0.05) is 24.3 Å². The molecule has 30 heavy (non-hydrogen) atoms. The van der Waals surface area contributed by atoms with Gasteiger partial charge in [0, 0.05) is 13.0 Å². The predicted octanol–water partition coefficient (Wildman–Crippen LogP) is 3.51. The van der Waals surface area contributed by atoms with Gasteiger partial charge in [-0.3, -0.25) is 9.69 Å². The highest BCUT2D eigenvalue weighted by atomic mass is 16.6. The van der Waals surface area contributed by atoms with Crippen molar-refractivity contribution in [2.75, 3.05) is 13.1 Å². The van der Waals surface area contributed by atoms with Crippen LogP contribution >= 0.6 is 0 Å². The van der Waals surface area contributed by atoms with E-state index in [1.165, 1.54) is 5.56 Å². The van der Waals surface area contributed by atoms with Gasteiger partial charge in [-0.25, -0.2) is 4.98 Å². The number of hydrogen-bond acceptors (Lipinski definition) is 5. The molecule has 2 aliphatic rings. The molecular weight excluding hydrogens is 376 g/mol. The summed E-state index contributed by atoms with van der Waals surface area (Å²) in [5.41, 5.74) is 3.58. The highest BCUT2D eigenvalue weighted by Gasteiger charge is 2.50. The molecule has 5 rings (SSSR count). The highest BCUT2D eigenvalue weighted by molar-refractivity contribution is 5.79. The molecule has 6 nitrogen and oxygen atoms in total. The number of benzene rings is 2. The third-order valence-corrected chi connectivity index (χ3v) is 6.56. The normalized spacial score (nSPS) is 21.0. The summed E-state index contributed by atoms with van der Waals surface area (Å²) in [5, 5.41) is 8.94. The van der Waals surface area contributed by atoms with Crippen molar-refractivity contribution in [1.29, 1.82) is 5.26 Å². The summed E-state index contributed by atoms with van der Waals surface area (Å²) < 4.78 is 7.91. The molecule has 1 unspecified atom stereocenters. The third-order valence-electron chi connectivity index (χ3n) is 6.56. The molecule has 0 radical (unpaired) electrons. The topological polar surface area (TPSA) is 71.2 Å². The zero-order valence-electron chi connectivity index (χ0n) is 16.8. The molecule has 0 N–H and O–H groups in total. The van der Waals surface area contributed by atoms with Crippen molar-refractivity contribution in [2.24, 2.45) is 5.41 Å². The first kappa shape index (κ1) is 18.8. The number of ether oxygens (including phenoxy) is 1. The second-order valence-electron chi connectivity index (χ2n) is 8.48. The molecule has 0 amide bonds. The summed E-state index contributed by atoms with van der Waals surface area (Å²) >= 11 is 0. The van der Waals surface area contributed by atoms with Crippen molar-refractivity contribution in [3.63, 3.8) is 0 Å². The highest BCUT2D eigenvalue weighted by Crippen LogP contribution is 2.43. The van der Waals surface area contributed by atoms with Crippen molar-refractivity contribution in [3.8, 4) is 6.07 Å². The Kier molecular flexibility index (Phi) is 4.76. The lowest BCUT2D eigenvalue weighted by Crippen LogP contribution is -2.42. The molecule has 2 aliphatic heterocycles. The smallest absolute Gasteiger partial charge is 0.312 e. The zero-order chi connectivity index (χ0) is 20.6. The number of hydrogen-bond donors (Lipinski definition) is 0. The van der Waals surface area contributed by atoms with E-state index in [1.54, 1.807) is 0 Å². The van der Waals surface area contributed by atoms with Crippen molar-refractivity contribution in [1.82, 2.24) is 14.5 Å². The Labute approximate surface area is 175 Å². The van der Waals surface area contributed by atoms with Gasteiger partial charge in [0.05, 0.1) is 41.0 Å². The van der Waals surface area contributed by atoms with E-state index >= 15 is 0 Å². The SMILES string of the molecule is N#Cc1ccc(CN2CCC3(CC2)CC(Cn2cnc4ccccc42)OC3=O)cc1. The van der Waals surface area contributed by atoms with Crippen LogP contribution < -0.4 is 0 Å². The van der Waals surface area contributed by atoms with Gasteiger partial charge < -0.3 is 9.30 Å². The van der Waals surface area contributed by atoms with Gasteiger partial charge in [-0.2, -0.15) is 5.26 Å². The van der Waals surface area contributed by atoms with E-state index in [0.717, 1.165) is 49.9 Å². The number of fused-ring (bicyclic) bond motifs is 1. The average Bonchev–Trinajstić information content (AvgIpc) is 3.31. The number of cyclic esters (lactones) is 1. The molecule has 6 heteroatoms. The molecule has 1 aromatic heterocycles. The number of aromatic nitrogens is 2. The van der Waals surface area contributed by atoms with Crippen LogP contribution in [0.5, 0.6) is 0 Å². The van der Waals surface area contributed by atoms with Crippen molar-refractivity contribution >= 4 is 17.0 Å². The summed E-state index contributed by atoms with van der Waals surface area (Å²) in [6, 6.07) is 17.9. The van der Waals surface area contributed by atoms with E-state index in [1.807, 2.05) is 48.8 Å². The Morgan fingerprint density at radius 1 is 1.13 bits per heavy atom. The second-order valence-corrected chi connectivity index (χ2v) is 8.48. The number of nitriles is 1. The lowest BCUT2D eigenvalue weighted by molar-refractivity contribution is -0.151. The maximum Gasteiger partial charge on any atom is 0.312 e. The van der Waals surface area contributed by atoms with Gasteiger partial charge in [0.15, 0.2) is 0 Å². The van der Waals surface area contributed by atoms with Crippen LogP contribution in [0, 0.1) is 16.7 Å². The number of para-hydroxylation sites is 2. The Morgan fingerprint density at radius 3 is 2.67 bits per heavy atom. The fourth-order valence-corrected chi connectivity index (χ4v) is 4.80. The van der Waals surface area contributed by atoms with E-state index < -0.39 is 0 Å². The summed E-state index contributed by atoms with van der Waals surface area (Å²) in [6.45, 7) is 3.27. The maximum atomic E-state index is 12.8.